The van der Waals surface area contributed by atoms with Gasteiger partial charge in [0, 0.05) is 37.6 Å². The number of anilines is 3. The molecule has 0 aliphatic carbocycles. The molecule has 148 valence electrons. The van der Waals surface area contributed by atoms with Crippen LogP contribution < -0.4 is 15.5 Å². The van der Waals surface area contributed by atoms with Crippen molar-refractivity contribution in [2.45, 2.75) is 20.4 Å². The first kappa shape index (κ1) is 20.0. The lowest BCUT2D eigenvalue weighted by Gasteiger charge is -2.21. The predicted octanol–water partition coefficient (Wildman–Crippen LogP) is 3.71. The Morgan fingerprint density at radius 2 is 1.59 bits per heavy atom. The minimum Gasteiger partial charge on any atom is -0.337 e. The summed E-state index contributed by atoms with van der Waals surface area (Å²) in [4.78, 5) is 34.5. The van der Waals surface area contributed by atoms with E-state index in [1.807, 2.05) is 42.2 Å². The zero-order valence-corrected chi connectivity index (χ0v) is 16.4. The number of hydrogen-bond acceptors (Lipinski definition) is 5. The molecule has 0 saturated carbocycles. The molecule has 2 aromatic carbocycles. The van der Waals surface area contributed by atoms with Crippen LogP contribution in [0.3, 0.4) is 0 Å². The fourth-order valence-electron chi connectivity index (χ4n) is 2.79. The van der Waals surface area contributed by atoms with Gasteiger partial charge >= 0.3 is 0 Å². The highest BCUT2D eigenvalue weighted by Gasteiger charge is 2.13. The lowest BCUT2D eigenvalue weighted by Crippen LogP contribution is -2.25. The minimum atomic E-state index is -0.323. The van der Waals surface area contributed by atoms with Gasteiger partial charge in [0.1, 0.15) is 5.69 Å². The Morgan fingerprint density at radius 3 is 2.21 bits per heavy atom. The highest BCUT2D eigenvalue weighted by molar-refractivity contribution is 6.03. The van der Waals surface area contributed by atoms with Crippen LogP contribution in [0.15, 0.2) is 66.9 Å². The maximum atomic E-state index is 12.6. The van der Waals surface area contributed by atoms with Crippen LogP contribution in [0.5, 0.6) is 0 Å². The monoisotopic (exact) mass is 389 g/mol. The highest BCUT2D eigenvalue weighted by atomic mass is 16.2. The molecule has 2 amide bonds. The Balaban J connectivity index is 1.70. The first-order valence-electron chi connectivity index (χ1n) is 9.36. The average molecular weight is 389 g/mol. The van der Waals surface area contributed by atoms with E-state index in [2.05, 4.69) is 20.6 Å². The summed E-state index contributed by atoms with van der Waals surface area (Å²) in [6, 6.07) is 18.5. The number of nitrogens with zero attached hydrogens (tertiary/aromatic N) is 3. The number of aromatic nitrogens is 2. The second-order valence-electron chi connectivity index (χ2n) is 6.45. The van der Waals surface area contributed by atoms with E-state index in [1.165, 1.54) is 6.92 Å². The Labute approximate surface area is 169 Å². The third-order valence-corrected chi connectivity index (χ3v) is 4.22. The molecule has 3 rings (SSSR count). The van der Waals surface area contributed by atoms with Crippen molar-refractivity contribution in [1.82, 2.24) is 9.97 Å². The number of hydrogen-bond donors (Lipinski definition) is 2. The van der Waals surface area contributed by atoms with Gasteiger partial charge in [-0.25, -0.2) is 9.97 Å². The van der Waals surface area contributed by atoms with Gasteiger partial charge in [0.2, 0.25) is 11.9 Å². The molecule has 7 nitrogen and oxygen atoms in total. The molecular weight excluding hydrogens is 366 g/mol. The Bertz CT molecular complexity index is 974. The smallest absolute Gasteiger partial charge is 0.274 e. The molecule has 0 radical (unpaired) electrons. The number of carbonyl (C=O) groups is 2. The Morgan fingerprint density at radius 1 is 0.931 bits per heavy atom. The van der Waals surface area contributed by atoms with Crippen LogP contribution in [-0.2, 0) is 11.3 Å². The predicted molar refractivity (Wildman–Crippen MR) is 114 cm³/mol. The first-order valence-corrected chi connectivity index (χ1v) is 9.36. The fourth-order valence-corrected chi connectivity index (χ4v) is 2.79. The Hall–Kier alpha value is -3.74. The van der Waals surface area contributed by atoms with E-state index in [-0.39, 0.29) is 17.5 Å². The Kier molecular flexibility index (Phi) is 6.52. The molecule has 1 aromatic heterocycles. The zero-order chi connectivity index (χ0) is 20.6. The quantitative estimate of drug-likeness (QED) is 0.643. The molecule has 0 aliphatic heterocycles. The van der Waals surface area contributed by atoms with E-state index in [9.17, 15) is 9.59 Å². The van der Waals surface area contributed by atoms with E-state index in [0.29, 0.717) is 30.4 Å². The van der Waals surface area contributed by atoms with Crippen molar-refractivity contribution in [1.29, 1.82) is 0 Å². The van der Waals surface area contributed by atoms with Gasteiger partial charge in [0.05, 0.1) is 0 Å². The SMILES string of the molecule is CCN(Cc1ccccc1)c1nccc(C(=O)Nc2ccc(NC(C)=O)cc2)n1. The number of amides is 2. The molecule has 0 aliphatic rings. The molecule has 0 atom stereocenters. The van der Waals surface area contributed by atoms with Crippen LogP contribution in [0.2, 0.25) is 0 Å². The molecule has 1 heterocycles. The van der Waals surface area contributed by atoms with Gasteiger partial charge in [-0.15, -0.1) is 0 Å². The lowest BCUT2D eigenvalue weighted by atomic mass is 10.2. The molecule has 0 bridgehead atoms. The van der Waals surface area contributed by atoms with E-state index >= 15 is 0 Å². The number of benzene rings is 2. The summed E-state index contributed by atoms with van der Waals surface area (Å²) in [6.07, 6.45) is 1.59. The van der Waals surface area contributed by atoms with E-state index < -0.39 is 0 Å². The summed E-state index contributed by atoms with van der Waals surface area (Å²) in [5.74, 6) is 0.0352. The topological polar surface area (TPSA) is 87.2 Å². The summed E-state index contributed by atoms with van der Waals surface area (Å²) in [7, 11) is 0. The molecule has 7 heteroatoms. The van der Waals surface area contributed by atoms with Crippen LogP contribution in [-0.4, -0.2) is 28.3 Å². The fraction of sp³-hybridized carbons (Fsp3) is 0.182. The summed E-state index contributed by atoms with van der Waals surface area (Å²) >= 11 is 0. The number of nitrogens with one attached hydrogen (secondary N) is 2. The molecule has 0 fully saturated rings. The summed E-state index contributed by atoms with van der Waals surface area (Å²) in [5, 5.41) is 5.50. The molecule has 0 unspecified atom stereocenters. The molecule has 0 saturated heterocycles. The maximum absolute atomic E-state index is 12.6. The van der Waals surface area contributed by atoms with Gasteiger partial charge in [-0.3, -0.25) is 9.59 Å². The van der Waals surface area contributed by atoms with Crippen LogP contribution in [0, 0.1) is 0 Å². The standard InChI is InChI=1S/C22H23N5O2/c1-3-27(15-17-7-5-4-6-8-17)22-23-14-13-20(26-22)21(29)25-19-11-9-18(10-12-19)24-16(2)28/h4-14H,3,15H2,1-2H3,(H,24,28)(H,25,29). The van der Waals surface area contributed by atoms with Crippen molar-refractivity contribution in [3.8, 4) is 0 Å². The molecule has 3 aromatic rings. The molecule has 2 N–H and O–H groups in total. The van der Waals surface area contributed by atoms with Gasteiger partial charge in [-0.1, -0.05) is 30.3 Å². The van der Waals surface area contributed by atoms with Crippen molar-refractivity contribution in [3.05, 3.63) is 78.1 Å². The summed E-state index contributed by atoms with van der Waals surface area (Å²) in [5.41, 5.74) is 2.71. The third-order valence-electron chi connectivity index (χ3n) is 4.22. The van der Waals surface area contributed by atoms with Gasteiger partial charge in [-0.2, -0.15) is 0 Å². The van der Waals surface area contributed by atoms with Gasteiger partial charge in [0.25, 0.3) is 5.91 Å². The van der Waals surface area contributed by atoms with Crippen LogP contribution in [0.1, 0.15) is 29.9 Å². The van der Waals surface area contributed by atoms with E-state index in [1.54, 1.807) is 36.5 Å². The average Bonchev–Trinajstić information content (AvgIpc) is 2.74. The summed E-state index contributed by atoms with van der Waals surface area (Å²) in [6.45, 7) is 4.84. The van der Waals surface area contributed by atoms with Crippen LogP contribution in [0.4, 0.5) is 17.3 Å². The van der Waals surface area contributed by atoms with Crippen molar-refractivity contribution in [3.63, 3.8) is 0 Å². The second-order valence-corrected chi connectivity index (χ2v) is 6.45. The van der Waals surface area contributed by atoms with Crippen molar-refractivity contribution in [2.75, 3.05) is 22.1 Å². The molecule has 29 heavy (non-hydrogen) atoms. The minimum absolute atomic E-state index is 0.147. The highest BCUT2D eigenvalue weighted by Crippen LogP contribution is 2.16. The van der Waals surface area contributed by atoms with E-state index in [0.717, 1.165) is 5.56 Å². The molecular formula is C22H23N5O2. The first-order chi connectivity index (χ1) is 14.0. The normalized spacial score (nSPS) is 10.3. The molecule has 0 spiro atoms. The number of rotatable bonds is 7. The summed E-state index contributed by atoms with van der Waals surface area (Å²) < 4.78 is 0. The van der Waals surface area contributed by atoms with Crippen molar-refractivity contribution < 1.29 is 9.59 Å². The van der Waals surface area contributed by atoms with Gasteiger partial charge in [-0.05, 0) is 42.8 Å². The van der Waals surface area contributed by atoms with Gasteiger partial charge in [0.15, 0.2) is 0 Å². The second kappa shape index (κ2) is 9.45. The van der Waals surface area contributed by atoms with Crippen molar-refractivity contribution in [2.24, 2.45) is 0 Å². The van der Waals surface area contributed by atoms with Gasteiger partial charge < -0.3 is 15.5 Å². The zero-order valence-electron chi connectivity index (χ0n) is 16.4. The van der Waals surface area contributed by atoms with Crippen LogP contribution >= 0.6 is 0 Å². The van der Waals surface area contributed by atoms with E-state index in [4.69, 9.17) is 0 Å². The maximum Gasteiger partial charge on any atom is 0.274 e. The van der Waals surface area contributed by atoms with Crippen LogP contribution in [0.25, 0.3) is 0 Å². The largest absolute Gasteiger partial charge is 0.337 e. The third kappa shape index (κ3) is 5.62. The van der Waals surface area contributed by atoms with Crippen molar-refractivity contribution >= 4 is 29.1 Å². The lowest BCUT2D eigenvalue weighted by molar-refractivity contribution is -0.114. The number of carbonyl (C=O) groups excluding carboxylic acids is 2.